The second-order valence-corrected chi connectivity index (χ2v) is 8.14. The minimum absolute atomic E-state index is 0.0728. The Hall–Kier alpha value is -2.91. The van der Waals surface area contributed by atoms with Gasteiger partial charge < -0.3 is 15.3 Å². The lowest BCUT2D eigenvalue weighted by Gasteiger charge is -2.28. The molecule has 3 N–H and O–H groups in total. The Bertz CT molecular complexity index is 1020. The molecule has 1 aliphatic heterocycles. The predicted molar refractivity (Wildman–Crippen MR) is 106 cm³/mol. The molecule has 0 spiro atoms. The van der Waals surface area contributed by atoms with Gasteiger partial charge in [0.05, 0.1) is 10.6 Å². The van der Waals surface area contributed by atoms with E-state index in [1.807, 2.05) is 0 Å². The smallest absolute Gasteiger partial charge is 0.261 e. The molecular weight excluding hydrogens is 382 g/mol. The fourth-order valence-corrected chi connectivity index (χ4v) is 4.24. The van der Waals surface area contributed by atoms with Crippen LogP contribution in [0.2, 0.25) is 0 Å². The minimum Gasteiger partial charge on any atom is -0.387 e. The van der Waals surface area contributed by atoms with E-state index < -0.39 is 22.5 Å². The van der Waals surface area contributed by atoms with Gasteiger partial charge >= 0.3 is 0 Å². The van der Waals surface area contributed by atoms with E-state index in [1.54, 1.807) is 35.2 Å². The Morgan fingerprint density at radius 1 is 1.14 bits per heavy atom. The number of aryl methyl sites for hydroxylation is 1. The number of amides is 2. The van der Waals surface area contributed by atoms with Crippen LogP contribution < -0.4 is 14.9 Å². The van der Waals surface area contributed by atoms with E-state index >= 15 is 0 Å². The van der Waals surface area contributed by atoms with E-state index in [0.29, 0.717) is 18.7 Å². The molecule has 0 radical (unpaired) electrons. The molecule has 0 fully saturated rings. The molecule has 0 saturated carbocycles. The molecule has 0 unspecified atom stereocenters. The first-order chi connectivity index (χ1) is 13.3. The first-order valence-electron chi connectivity index (χ1n) is 8.75. The summed E-state index contributed by atoms with van der Waals surface area (Å²) in [5.74, 6) is -0.666. The third kappa shape index (κ3) is 4.32. The number of nitrogens with zero attached hydrogens (tertiary/aromatic N) is 1. The third-order valence-corrected chi connectivity index (χ3v) is 5.78. The molecule has 0 aliphatic carbocycles. The van der Waals surface area contributed by atoms with Gasteiger partial charge in [-0.05, 0) is 54.8 Å². The van der Waals surface area contributed by atoms with Crippen molar-refractivity contribution in [1.29, 1.82) is 0 Å². The van der Waals surface area contributed by atoms with Crippen molar-refractivity contribution >= 4 is 38.9 Å². The molecule has 9 heteroatoms. The monoisotopic (exact) mass is 403 g/mol. The fourth-order valence-electron chi connectivity index (χ4n) is 3.14. The van der Waals surface area contributed by atoms with Gasteiger partial charge in [-0.3, -0.25) is 14.3 Å². The normalized spacial score (nSPS) is 13.6. The number of carbonyl (C=O) groups excluding carboxylic acids is 2. The molecule has 3 rings (SSSR count). The highest BCUT2D eigenvalue weighted by Crippen LogP contribution is 2.30. The van der Waals surface area contributed by atoms with Crippen LogP contribution in [0.25, 0.3) is 0 Å². The molecule has 0 bridgehead atoms. The minimum atomic E-state index is -3.85. The van der Waals surface area contributed by atoms with E-state index in [2.05, 4.69) is 10.0 Å². The molecule has 0 aromatic heterocycles. The van der Waals surface area contributed by atoms with Gasteiger partial charge in [0.25, 0.3) is 10.0 Å². The Morgan fingerprint density at radius 3 is 2.61 bits per heavy atom. The molecule has 0 saturated heterocycles. The van der Waals surface area contributed by atoms with E-state index in [-0.39, 0.29) is 16.5 Å². The standard InChI is InChI=1S/C19H21N3O5S/c1-13(24)22-9-3-4-14-10-17(7-8-18(14)22)28(26,27)21-16-6-2-5-15(11-16)20-19(25)12-23/h2,5-8,10-11,21,23H,3-4,9,12H2,1H3,(H,20,25). The summed E-state index contributed by atoms with van der Waals surface area (Å²) in [4.78, 5) is 24.8. The number of aliphatic hydroxyl groups is 1. The SMILES string of the molecule is CC(=O)N1CCCc2cc(S(=O)(=O)Nc3cccc(NC(=O)CO)c3)ccc21. The zero-order chi connectivity index (χ0) is 20.3. The molecule has 2 aromatic carbocycles. The number of aliphatic hydroxyl groups excluding tert-OH is 1. The third-order valence-electron chi connectivity index (χ3n) is 4.40. The van der Waals surface area contributed by atoms with Gasteiger partial charge in [-0.25, -0.2) is 8.42 Å². The molecule has 2 amide bonds. The molecule has 148 valence electrons. The van der Waals surface area contributed by atoms with Crippen LogP contribution in [0, 0.1) is 0 Å². The quantitative estimate of drug-likeness (QED) is 0.703. The van der Waals surface area contributed by atoms with Gasteiger partial charge in [-0.2, -0.15) is 0 Å². The van der Waals surface area contributed by atoms with Crippen molar-refractivity contribution < 1.29 is 23.1 Å². The molecule has 0 atom stereocenters. The molecular formula is C19H21N3O5S. The summed E-state index contributed by atoms with van der Waals surface area (Å²) < 4.78 is 28.0. The number of fused-ring (bicyclic) bond motifs is 1. The second kappa shape index (κ2) is 7.99. The van der Waals surface area contributed by atoms with Gasteiger partial charge in [0.2, 0.25) is 11.8 Å². The highest BCUT2D eigenvalue weighted by atomic mass is 32.2. The van der Waals surface area contributed by atoms with Crippen LogP contribution in [0.3, 0.4) is 0 Å². The summed E-state index contributed by atoms with van der Waals surface area (Å²) in [6.07, 6.45) is 1.47. The summed E-state index contributed by atoms with van der Waals surface area (Å²) >= 11 is 0. The van der Waals surface area contributed by atoms with Crippen LogP contribution in [0.5, 0.6) is 0 Å². The van der Waals surface area contributed by atoms with Crippen LogP contribution in [0.15, 0.2) is 47.4 Å². The zero-order valence-corrected chi connectivity index (χ0v) is 16.1. The Balaban J connectivity index is 1.85. The number of anilines is 3. The second-order valence-electron chi connectivity index (χ2n) is 6.46. The van der Waals surface area contributed by atoms with Crippen LogP contribution >= 0.6 is 0 Å². The van der Waals surface area contributed by atoms with Gasteiger partial charge in [-0.1, -0.05) is 6.07 Å². The lowest BCUT2D eigenvalue weighted by atomic mass is 10.0. The maximum atomic E-state index is 12.8. The maximum Gasteiger partial charge on any atom is 0.261 e. The Morgan fingerprint density at radius 2 is 1.89 bits per heavy atom. The van der Waals surface area contributed by atoms with Crippen LogP contribution in [-0.2, 0) is 26.0 Å². The summed E-state index contributed by atoms with van der Waals surface area (Å²) in [6.45, 7) is 1.45. The first-order valence-corrected chi connectivity index (χ1v) is 10.2. The average Bonchev–Trinajstić information content (AvgIpc) is 2.66. The highest BCUT2D eigenvalue weighted by molar-refractivity contribution is 7.92. The van der Waals surface area contributed by atoms with Gasteiger partial charge in [0.15, 0.2) is 0 Å². The van der Waals surface area contributed by atoms with E-state index in [9.17, 15) is 18.0 Å². The van der Waals surface area contributed by atoms with Crippen LogP contribution in [-0.4, -0.2) is 38.5 Å². The lowest BCUT2D eigenvalue weighted by Crippen LogP contribution is -2.33. The van der Waals surface area contributed by atoms with Gasteiger partial charge in [0.1, 0.15) is 6.61 Å². The number of rotatable bonds is 5. The van der Waals surface area contributed by atoms with Crippen LogP contribution in [0.4, 0.5) is 17.1 Å². The lowest BCUT2D eigenvalue weighted by molar-refractivity contribution is -0.119. The summed E-state index contributed by atoms with van der Waals surface area (Å²) in [7, 11) is -3.85. The zero-order valence-electron chi connectivity index (χ0n) is 15.3. The first kappa shape index (κ1) is 19.8. The average molecular weight is 403 g/mol. The summed E-state index contributed by atoms with van der Waals surface area (Å²) in [5.41, 5.74) is 2.19. The van der Waals surface area contributed by atoms with Crippen molar-refractivity contribution in [2.24, 2.45) is 0 Å². The largest absolute Gasteiger partial charge is 0.387 e. The molecule has 1 heterocycles. The molecule has 1 aliphatic rings. The van der Waals surface area contributed by atoms with Gasteiger partial charge in [0, 0.05) is 24.8 Å². The Kier molecular flexibility index (Phi) is 5.66. The van der Waals surface area contributed by atoms with E-state index in [4.69, 9.17) is 5.11 Å². The number of hydrogen-bond donors (Lipinski definition) is 3. The summed E-state index contributed by atoms with van der Waals surface area (Å²) in [6, 6.07) is 10.9. The summed E-state index contributed by atoms with van der Waals surface area (Å²) in [5, 5.41) is 11.3. The van der Waals surface area contributed by atoms with Crippen molar-refractivity contribution in [2.45, 2.75) is 24.7 Å². The van der Waals surface area contributed by atoms with Crippen molar-refractivity contribution in [3.63, 3.8) is 0 Å². The Labute approximate surface area is 163 Å². The molecule has 28 heavy (non-hydrogen) atoms. The maximum absolute atomic E-state index is 12.8. The molecule has 2 aromatic rings. The van der Waals surface area contributed by atoms with Crippen molar-refractivity contribution in [3.05, 3.63) is 48.0 Å². The number of carbonyl (C=O) groups is 2. The van der Waals surface area contributed by atoms with Crippen molar-refractivity contribution in [3.8, 4) is 0 Å². The highest BCUT2D eigenvalue weighted by Gasteiger charge is 2.23. The van der Waals surface area contributed by atoms with E-state index in [0.717, 1.165) is 17.7 Å². The predicted octanol–water partition coefficient (Wildman–Crippen LogP) is 1.72. The molecule has 8 nitrogen and oxygen atoms in total. The van der Waals surface area contributed by atoms with E-state index in [1.165, 1.54) is 19.1 Å². The van der Waals surface area contributed by atoms with Crippen molar-refractivity contribution in [2.75, 3.05) is 28.1 Å². The number of nitrogens with one attached hydrogen (secondary N) is 2. The topological polar surface area (TPSA) is 116 Å². The number of benzene rings is 2. The number of sulfonamides is 1. The fraction of sp³-hybridized carbons (Fsp3) is 0.263. The van der Waals surface area contributed by atoms with Crippen LogP contribution in [0.1, 0.15) is 18.9 Å². The number of hydrogen-bond acceptors (Lipinski definition) is 5. The van der Waals surface area contributed by atoms with Gasteiger partial charge in [-0.15, -0.1) is 0 Å². The van der Waals surface area contributed by atoms with Crippen molar-refractivity contribution in [1.82, 2.24) is 0 Å².